The number of fused-ring (bicyclic) bond motifs is 1. The van der Waals surface area contributed by atoms with E-state index in [1.54, 1.807) is 24.4 Å². The Balaban J connectivity index is 2.33. The summed E-state index contributed by atoms with van der Waals surface area (Å²) < 4.78 is 0. The van der Waals surface area contributed by atoms with Crippen molar-refractivity contribution >= 4 is 22.6 Å². The molecule has 3 N–H and O–H groups in total. The third-order valence-corrected chi connectivity index (χ3v) is 3.00. The number of rotatable bonds is 5. The number of aromatic nitrogens is 1. The summed E-state index contributed by atoms with van der Waals surface area (Å²) in [6, 6.07) is 6.70. The highest BCUT2D eigenvalue weighted by molar-refractivity contribution is 5.92. The van der Waals surface area contributed by atoms with Crippen molar-refractivity contribution in [3.8, 4) is 5.75 Å². The van der Waals surface area contributed by atoms with Crippen LogP contribution < -0.4 is 5.32 Å². The average molecular weight is 260 g/mol. The van der Waals surface area contributed by atoms with Crippen LogP contribution in [0, 0.1) is 0 Å². The highest BCUT2D eigenvalue weighted by Gasteiger charge is 2.13. The lowest BCUT2D eigenvalue weighted by atomic mass is 10.1. The second-order valence-corrected chi connectivity index (χ2v) is 4.41. The Labute approximate surface area is 110 Å². The zero-order valence-electron chi connectivity index (χ0n) is 10.6. The van der Waals surface area contributed by atoms with Crippen LogP contribution in [0.3, 0.4) is 0 Å². The summed E-state index contributed by atoms with van der Waals surface area (Å²) in [5.41, 5.74) is 0. The first-order valence-corrected chi connectivity index (χ1v) is 6.16. The van der Waals surface area contributed by atoms with Crippen molar-refractivity contribution in [1.82, 2.24) is 4.98 Å². The Hall–Kier alpha value is -2.30. The highest BCUT2D eigenvalue weighted by atomic mass is 16.4. The van der Waals surface area contributed by atoms with Crippen LogP contribution in [0.1, 0.15) is 19.8 Å². The first-order chi connectivity index (χ1) is 9.10. The molecule has 1 heterocycles. The molecule has 100 valence electrons. The average Bonchev–Trinajstić information content (AvgIpc) is 2.38. The zero-order valence-corrected chi connectivity index (χ0v) is 10.6. The number of carbonyl (C=O) groups is 1. The fraction of sp³-hybridized carbons (Fsp3) is 0.286. The van der Waals surface area contributed by atoms with Crippen LogP contribution in [-0.2, 0) is 4.79 Å². The lowest BCUT2D eigenvalue weighted by Gasteiger charge is -2.16. The Bertz CT molecular complexity index is 598. The number of benzene rings is 1. The molecule has 1 aromatic carbocycles. The minimum atomic E-state index is -0.845. The summed E-state index contributed by atoms with van der Waals surface area (Å²) in [6.45, 7) is 1.92. The minimum Gasteiger partial charge on any atom is -0.508 e. The minimum absolute atomic E-state index is 0.0351. The largest absolute Gasteiger partial charge is 0.508 e. The fourth-order valence-corrected chi connectivity index (χ4v) is 1.97. The van der Waals surface area contributed by atoms with Gasteiger partial charge in [0.05, 0.1) is 6.42 Å². The van der Waals surface area contributed by atoms with Crippen molar-refractivity contribution in [3.05, 3.63) is 30.5 Å². The van der Waals surface area contributed by atoms with Crippen molar-refractivity contribution in [2.75, 3.05) is 5.32 Å². The van der Waals surface area contributed by atoms with E-state index >= 15 is 0 Å². The molecule has 0 amide bonds. The van der Waals surface area contributed by atoms with E-state index < -0.39 is 5.97 Å². The van der Waals surface area contributed by atoms with Gasteiger partial charge in [-0.3, -0.25) is 4.79 Å². The van der Waals surface area contributed by atoms with E-state index in [1.165, 1.54) is 0 Å². The number of nitrogens with zero attached hydrogens (tertiary/aromatic N) is 1. The van der Waals surface area contributed by atoms with Crippen molar-refractivity contribution in [2.45, 2.75) is 25.8 Å². The molecule has 1 atom stereocenters. The SMILES string of the molecule is CCC(CC(=O)O)Nc1nccc2ccc(O)cc12. The maximum atomic E-state index is 10.8. The highest BCUT2D eigenvalue weighted by Crippen LogP contribution is 2.26. The number of hydrogen-bond acceptors (Lipinski definition) is 4. The van der Waals surface area contributed by atoms with E-state index in [9.17, 15) is 9.90 Å². The Kier molecular flexibility index (Phi) is 3.85. The smallest absolute Gasteiger partial charge is 0.305 e. The summed E-state index contributed by atoms with van der Waals surface area (Å²) >= 11 is 0. The molecule has 0 fully saturated rings. The molecule has 0 aliphatic rings. The number of aliphatic carboxylic acids is 1. The molecule has 0 aliphatic carbocycles. The zero-order chi connectivity index (χ0) is 13.8. The lowest BCUT2D eigenvalue weighted by Crippen LogP contribution is -2.22. The van der Waals surface area contributed by atoms with Gasteiger partial charge in [-0.25, -0.2) is 4.98 Å². The molecule has 0 aliphatic heterocycles. The van der Waals surface area contributed by atoms with Gasteiger partial charge in [0.25, 0.3) is 0 Å². The molecule has 0 saturated carbocycles. The third-order valence-electron chi connectivity index (χ3n) is 3.00. The number of anilines is 1. The molecule has 5 heteroatoms. The number of phenolic OH excluding ortho intramolecular Hbond substituents is 1. The number of carboxylic acid groups (broad SMARTS) is 1. The summed E-state index contributed by atoms with van der Waals surface area (Å²) in [5, 5.41) is 23.2. The molecule has 2 aromatic rings. The second kappa shape index (κ2) is 5.56. The maximum absolute atomic E-state index is 10.8. The van der Waals surface area contributed by atoms with Gasteiger partial charge < -0.3 is 15.5 Å². The standard InChI is InChI=1S/C14H16N2O3/c1-2-10(7-13(18)19)16-14-12-8-11(17)4-3-9(12)5-6-15-14/h3-6,8,10,17H,2,7H2,1H3,(H,15,16)(H,18,19). The van der Waals surface area contributed by atoms with Gasteiger partial charge >= 0.3 is 5.97 Å². The number of phenols is 1. The summed E-state index contributed by atoms with van der Waals surface area (Å²) in [5.74, 6) is -0.0845. The van der Waals surface area contributed by atoms with E-state index in [1.807, 2.05) is 13.0 Å². The van der Waals surface area contributed by atoms with Gasteiger partial charge in [-0.1, -0.05) is 13.0 Å². The monoisotopic (exact) mass is 260 g/mol. The molecule has 2 rings (SSSR count). The Morgan fingerprint density at radius 3 is 2.89 bits per heavy atom. The van der Waals surface area contributed by atoms with E-state index in [0.29, 0.717) is 12.2 Å². The van der Waals surface area contributed by atoms with Gasteiger partial charge in [-0.15, -0.1) is 0 Å². The predicted molar refractivity (Wildman–Crippen MR) is 73.4 cm³/mol. The summed E-state index contributed by atoms with van der Waals surface area (Å²) in [6.07, 6.45) is 2.38. The first kappa shape index (κ1) is 13.1. The van der Waals surface area contributed by atoms with Gasteiger partial charge in [0.15, 0.2) is 0 Å². The number of aromatic hydroxyl groups is 1. The molecule has 0 radical (unpaired) electrons. The van der Waals surface area contributed by atoms with Crippen LogP contribution in [0.15, 0.2) is 30.5 Å². The quantitative estimate of drug-likeness (QED) is 0.769. The van der Waals surface area contributed by atoms with Gasteiger partial charge in [0.1, 0.15) is 11.6 Å². The second-order valence-electron chi connectivity index (χ2n) is 4.41. The van der Waals surface area contributed by atoms with E-state index in [0.717, 1.165) is 10.8 Å². The molecule has 1 unspecified atom stereocenters. The van der Waals surface area contributed by atoms with E-state index in [4.69, 9.17) is 5.11 Å². The van der Waals surface area contributed by atoms with E-state index in [-0.39, 0.29) is 18.2 Å². The molecule has 19 heavy (non-hydrogen) atoms. The topological polar surface area (TPSA) is 82.5 Å². The normalized spacial score (nSPS) is 12.3. The van der Waals surface area contributed by atoms with Gasteiger partial charge in [0, 0.05) is 17.6 Å². The van der Waals surface area contributed by atoms with Crippen molar-refractivity contribution < 1.29 is 15.0 Å². The van der Waals surface area contributed by atoms with Gasteiger partial charge in [-0.05, 0) is 30.0 Å². The maximum Gasteiger partial charge on any atom is 0.305 e. The van der Waals surface area contributed by atoms with Crippen LogP contribution in [0.25, 0.3) is 10.8 Å². The first-order valence-electron chi connectivity index (χ1n) is 6.16. The van der Waals surface area contributed by atoms with Crippen molar-refractivity contribution in [3.63, 3.8) is 0 Å². The third kappa shape index (κ3) is 3.13. The van der Waals surface area contributed by atoms with Crippen LogP contribution in [-0.4, -0.2) is 27.2 Å². The fourth-order valence-electron chi connectivity index (χ4n) is 1.97. The molecule has 5 nitrogen and oxygen atoms in total. The van der Waals surface area contributed by atoms with Crippen LogP contribution >= 0.6 is 0 Å². The Morgan fingerprint density at radius 1 is 1.42 bits per heavy atom. The lowest BCUT2D eigenvalue weighted by molar-refractivity contribution is -0.137. The number of nitrogens with one attached hydrogen (secondary N) is 1. The van der Waals surface area contributed by atoms with Crippen molar-refractivity contribution in [2.24, 2.45) is 0 Å². The molecule has 0 bridgehead atoms. The number of hydrogen-bond donors (Lipinski definition) is 3. The van der Waals surface area contributed by atoms with Crippen molar-refractivity contribution in [1.29, 1.82) is 0 Å². The number of pyridine rings is 1. The molecule has 0 spiro atoms. The summed E-state index contributed by atoms with van der Waals surface area (Å²) in [4.78, 5) is 15.0. The molecular formula is C14H16N2O3. The van der Waals surface area contributed by atoms with Gasteiger partial charge in [0.2, 0.25) is 0 Å². The molecular weight excluding hydrogens is 244 g/mol. The van der Waals surface area contributed by atoms with Crippen LogP contribution in [0.4, 0.5) is 5.82 Å². The summed E-state index contributed by atoms with van der Waals surface area (Å²) in [7, 11) is 0. The predicted octanol–water partition coefficient (Wildman–Crippen LogP) is 2.61. The van der Waals surface area contributed by atoms with Crippen LogP contribution in [0.5, 0.6) is 5.75 Å². The Morgan fingerprint density at radius 2 is 2.21 bits per heavy atom. The van der Waals surface area contributed by atoms with Crippen LogP contribution in [0.2, 0.25) is 0 Å². The molecule has 1 aromatic heterocycles. The van der Waals surface area contributed by atoms with Gasteiger partial charge in [-0.2, -0.15) is 0 Å². The molecule has 0 saturated heterocycles. The van der Waals surface area contributed by atoms with E-state index in [2.05, 4.69) is 10.3 Å². The number of carboxylic acids is 1.